The van der Waals surface area contributed by atoms with Crippen molar-refractivity contribution in [2.45, 2.75) is 24.6 Å². The third-order valence-corrected chi connectivity index (χ3v) is 5.77. The number of halogens is 4. The summed E-state index contributed by atoms with van der Waals surface area (Å²) >= 11 is 5.83. The van der Waals surface area contributed by atoms with Gasteiger partial charge in [0.2, 0.25) is 17.4 Å². The van der Waals surface area contributed by atoms with Gasteiger partial charge in [0.15, 0.2) is 0 Å². The second-order valence-electron chi connectivity index (χ2n) is 7.65. The van der Waals surface area contributed by atoms with Gasteiger partial charge in [-0.2, -0.15) is 18.2 Å². The first-order chi connectivity index (χ1) is 16.0. The van der Waals surface area contributed by atoms with E-state index in [1.807, 2.05) is 5.32 Å². The molecular weight excluding hydrogens is 477 g/mol. The summed E-state index contributed by atoms with van der Waals surface area (Å²) in [5, 5.41) is 3.84. The quantitative estimate of drug-likeness (QED) is 0.669. The lowest BCUT2D eigenvalue weighted by Crippen LogP contribution is -2.72. The Bertz CT molecular complexity index is 1200. The second kappa shape index (κ2) is 8.56. The van der Waals surface area contributed by atoms with Crippen LogP contribution >= 0.6 is 11.6 Å². The Hall–Kier alpha value is -3.73. The molecule has 0 spiro atoms. The normalized spacial score (nSPS) is 22.2. The molecule has 8 nitrogen and oxygen atoms in total. The van der Waals surface area contributed by atoms with E-state index in [0.29, 0.717) is 10.5 Å². The fourth-order valence-electron chi connectivity index (χ4n) is 3.91. The topological polar surface area (TPSA) is 108 Å². The van der Waals surface area contributed by atoms with Crippen LogP contribution in [0.2, 0.25) is 5.02 Å². The molecule has 0 saturated carbocycles. The van der Waals surface area contributed by atoms with Crippen LogP contribution in [0, 0.1) is 5.92 Å². The highest BCUT2D eigenvalue weighted by atomic mass is 35.5. The minimum Gasteiger partial charge on any atom is -0.333 e. The van der Waals surface area contributed by atoms with Crippen molar-refractivity contribution in [1.29, 1.82) is 0 Å². The number of nitrogens with one attached hydrogen (secondary N) is 2. The Labute approximate surface area is 195 Å². The Kier molecular flexibility index (Phi) is 5.90. The highest BCUT2D eigenvalue weighted by Crippen LogP contribution is 2.44. The zero-order chi connectivity index (χ0) is 24.7. The number of benzene rings is 2. The van der Waals surface area contributed by atoms with Crippen molar-refractivity contribution in [2.75, 3.05) is 4.90 Å². The summed E-state index contributed by atoms with van der Waals surface area (Å²) in [6, 6.07) is 12.8. The van der Waals surface area contributed by atoms with Crippen LogP contribution in [0.25, 0.3) is 0 Å². The van der Waals surface area contributed by atoms with Gasteiger partial charge in [-0.1, -0.05) is 41.9 Å². The van der Waals surface area contributed by atoms with Gasteiger partial charge in [-0.15, -0.1) is 0 Å². The van der Waals surface area contributed by atoms with Gasteiger partial charge >= 0.3 is 12.2 Å². The summed E-state index contributed by atoms with van der Waals surface area (Å²) in [5.41, 5.74) is -2.94. The van der Waals surface area contributed by atoms with Crippen LogP contribution in [0.5, 0.6) is 0 Å². The lowest BCUT2D eigenvalue weighted by molar-refractivity contribution is -0.205. The van der Waals surface area contributed by atoms with E-state index in [0.717, 1.165) is 0 Å². The molecule has 176 valence electrons. The number of hydrogen-bond acceptors (Lipinski definition) is 4. The zero-order valence-corrected chi connectivity index (χ0v) is 18.0. The standard InChI is InChI=1S/C22H16ClF3N4O4/c23-13-7-9-14(10-8-13)30-17-16(18(32)28-20(30)34)21(19(33)27-17,22(24,25)26)29-15(31)11-6-12-4-2-1-3-5-12/h1-5,7-10,16H,6,11H2,(H,29,31)(H,28,32,34). The number of carbonyl (C=O) groups is 4. The molecule has 4 rings (SSSR count). The molecule has 0 radical (unpaired) electrons. The monoisotopic (exact) mass is 492 g/mol. The van der Waals surface area contributed by atoms with Gasteiger partial charge in [0.25, 0.3) is 5.91 Å². The molecule has 2 aliphatic rings. The van der Waals surface area contributed by atoms with Crippen LogP contribution in [0.4, 0.5) is 23.7 Å². The molecule has 2 atom stereocenters. The van der Waals surface area contributed by atoms with Crippen LogP contribution < -0.4 is 15.5 Å². The predicted molar refractivity (Wildman–Crippen MR) is 115 cm³/mol. The van der Waals surface area contributed by atoms with Crippen LogP contribution in [-0.4, -0.2) is 41.3 Å². The molecule has 2 aliphatic heterocycles. The molecular formula is C22H16ClF3N4O4. The molecule has 2 aromatic rings. The molecule has 2 heterocycles. The molecule has 12 heteroatoms. The van der Waals surface area contributed by atoms with Crippen LogP contribution in [0.15, 0.2) is 59.6 Å². The van der Waals surface area contributed by atoms with Crippen molar-refractivity contribution < 1.29 is 32.3 Å². The van der Waals surface area contributed by atoms with Gasteiger partial charge in [-0.05, 0) is 36.2 Å². The number of amides is 5. The fourth-order valence-corrected chi connectivity index (χ4v) is 4.04. The summed E-state index contributed by atoms with van der Waals surface area (Å²) in [4.78, 5) is 54.5. The minimum atomic E-state index is -5.40. The zero-order valence-electron chi connectivity index (χ0n) is 17.2. The number of hydrogen-bond donors (Lipinski definition) is 2. The highest BCUT2D eigenvalue weighted by molar-refractivity contribution is 6.36. The third kappa shape index (κ3) is 3.92. The maximum absolute atomic E-state index is 14.4. The maximum atomic E-state index is 14.4. The number of fused-ring (bicyclic) bond motifs is 1. The summed E-state index contributed by atoms with van der Waals surface area (Å²) in [6.07, 6.45) is -5.67. The molecule has 5 amide bonds. The first-order valence-corrected chi connectivity index (χ1v) is 10.4. The largest absolute Gasteiger partial charge is 0.422 e. The number of anilines is 1. The number of urea groups is 1. The van der Waals surface area contributed by atoms with E-state index < -0.39 is 47.2 Å². The SMILES string of the molecule is O=C(CCc1ccccc1)NC1(C(F)(F)F)C(=O)N=C2C1C(=O)NC(=O)N2c1ccc(Cl)cc1. The van der Waals surface area contributed by atoms with Crippen LogP contribution in [0.3, 0.4) is 0 Å². The molecule has 1 saturated heterocycles. The Balaban J connectivity index is 1.69. The van der Waals surface area contributed by atoms with Crippen molar-refractivity contribution in [3.63, 3.8) is 0 Å². The Morgan fingerprint density at radius 1 is 1.09 bits per heavy atom. The fraction of sp³-hybridized carbons (Fsp3) is 0.227. The average Bonchev–Trinajstić information content (AvgIpc) is 3.07. The first kappa shape index (κ1) is 23.4. The van der Waals surface area contributed by atoms with E-state index >= 15 is 0 Å². The summed E-state index contributed by atoms with van der Waals surface area (Å²) in [6.45, 7) is 0. The number of alkyl halides is 3. The van der Waals surface area contributed by atoms with E-state index in [4.69, 9.17) is 11.6 Å². The number of carbonyl (C=O) groups excluding carboxylic acids is 4. The van der Waals surface area contributed by atoms with E-state index in [1.165, 1.54) is 24.3 Å². The molecule has 0 bridgehead atoms. The van der Waals surface area contributed by atoms with Crippen molar-refractivity contribution in [3.05, 3.63) is 65.2 Å². The van der Waals surface area contributed by atoms with Crippen molar-refractivity contribution in [2.24, 2.45) is 10.9 Å². The smallest absolute Gasteiger partial charge is 0.333 e. The number of rotatable bonds is 5. The Morgan fingerprint density at radius 3 is 2.35 bits per heavy atom. The lowest BCUT2D eigenvalue weighted by atomic mass is 9.81. The summed E-state index contributed by atoms with van der Waals surface area (Å²) < 4.78 is 43.2. The van der Waals surface area contributed by atoms with Gasteiger partial charge in [-0.25, -0.2) is 9.69 Å². The lowest BCUT2D eigenvalue weighted by Gasteiger charge is -2.39. The number of imide groups is 1. The molecule has 1 fully saturated rings. The second-order valence-corrected chi connectivity index (χ2v) is 8.09. The number of aryl methyl sites for hydroxylation is 1. The van der Waals surface area contributed by atoms with Crippen molar-refractivity contribution >= 4 is 46.9 Å². The first-order valence-electron chi connectivity index (χ1n) is 10.00. The van der Waals surface area contributed by atoms with E-state index in [2.05, 4.69) is 4.99 Å². The van der Waals surface area contributed by atoms with E-state index in [1.54, 1.807) is 35.6 Å². The summed E-state index contributed by atoms with van der Waals surface area (Å²) in [7, 11) is 0. The van der Waals surface area contributed by atoms with E-state index in [-0.39, 0.29) is 23.6 Å². The van der Waals surface area contributed by atoms with Gasteiger partial charge in [0.1, 0.15) is 11.8 Å². The summed E-state index contributed by atoms with van der Waals surface area (Å²) in [5.74, 6) is -7.35. The van der Waals surface area contributed by atoms with Crippen molar-refractivity contribution in [1.82, 2.24) is 10.6 Å². The van der Waals surface area contributed by atoms with Crippen LogP contribution in [-0.2, 0) is 20.8 Å². The molecule has 0 aromatic heterocycles. The van der Waals surface area contributed by atoms with Gasteiger partial charge in [-0.3, -0.25) is 19.7 Å². The number of aliphatic imine (C=N–C) groups is 1. The molecule has 0 aliphatic carbocycles. The predicted octanol–water partition coefficient (Wildman–Crippen LogP) is 3.00. The number of amidine groups is 1. The van der Waals surface area contributed by atoms with Gasteiger partial charge in [0, 0.05) is 11.4 Å². The van der Waals surface area contributed by atoms with Crippen molar-refractivity contribution in [3.8, 4) is 0 Å². The maximum Gasteiger partial charge on any atom is 0.422 e. The van der Waals surface area contributed by atoms with Gasteiger partial charge in [0.05, 0.1) is 5.69 Å². The number of nitrogens with zero attached hydrogens (tertiary/aromatic N) is 2. The highest BCUT2D eigenvalue weighted by Gasteiger charge is 2.73. The van der Waals surface area contributed by atoms with Gasteiger partial charge < -0.3 is 5.32 Å². The third-order valence-electron chi connectivity index (χ3n) is 5.52. The molecule has 2 aromatic carbocycles. The molecule has 2 N–H and O–H groups in total. The minimum absolute atomic E-state index is 0.0272. The van der Waals surface area contributed by atoms with Crippen LogP contribution in [0.1, 0.15) is 12.0 Å². The molecule has 34 heavy (non-hydrogen) atoms. The Morgan fingerprint density at radius 2 is 1.74 bits per heavy atom. The average molecular weight is 493 g/mol. The van der Waals surface area contributed by atoms with E-state index in [9.17, 15) is 32.3 Å². The molecule has 2 unspecified atom stereocenters.